The molecule has 1 aromatic carbocycles. The van der Waals surface area contributed by atoms with Crippen LogP contribution >= 0.6 is 0 Å². The van der Waals surface area contributed by atoms with Crippen molar-refractivity contribution in [2.45, 2.75) is 32.1 Å². The summed E-state index contributed by atoms with van der Waals surface area (Å²) in [4.78, 5) is 21.5. The maximum absolute atomic E-state index is 15.4. The molecule has 5 aromatic heterocycles. The molecule has 1 aliphatic carbocycles. The third kappa shape index (κ3) is 4.39. The molecule has 40 heavy (non-hydrogen) atoms. The van der Waals surface area contributed by atoms with Gasteiger partial charge in [0.05, 0.1) is 28.6 Å². The first kappa shape index (κ1) is 24.1. The molecule has 5 heterocycles. The second-order valence-electron chi connectivity index (χ2n) is 10.3. The minimum atomic E-state index is -0.362. The molecule has 0 amide bonds. The number of imidazole rings is 1. The summed E-state index contributed by atoms with van der Waals surface area (Å²) in [5.74, 6) is 0.650. The maximum atomic E-state index is 15.4. The van der Waals surface area contributed by atoms with Gasteiger partial charge in [-0.25, -0.2) is 9.37 Å². The van der Waals surface area contributed by atoms with Crippen molar-refractivity contribution in [1.29, 1.82) is 0 Å². The molecular formula is C31H27FN8. The summed E-state index contributed by atoms with van der Waals surface area (Å²) in [5.41, 5.74) is 6.97. The third-order valence-electron chi connectivity index (χ3n) is 7.64. The van der Waals surface area contributed by atoms with Gasteiger partial charge in [-0.15, -0.1) is 0 Å². The van der Waals surface area contributed by atoms with Gasteiger partial charge in [-0.1, -0.05) is 31.9 Å². The Morgan fingerprint density at radius 3 is 2.70 bits per heavy atom. The van der Waals surface area contributed by atoms with Crippen LogP contribution in [0.25, 0.3) is 56.0 Å². The van der Waals surface area contributed by atoms with Crippen LogP contribution in [0, 0.1) is 11.7 Å². The van der Waals surface area contributed by atoms with Crippen molar-refractivity contribution < 1.29 is 4.39 Å². The average Bonchev–Trinajstić information content (AvgIpc) is 3.61. The quantitative estimate of drug-likeness (QED) is 0.209. The number of anilines is 1. The number of rotatable bonds is 6. The lowest BCUT2D eigenvalue weighted by atomic mass is 9.87. The van der Waals surface area contributed by atoms with E-state index in [-0.39, 0.29) is 5.82 Å². The molecular weight excluding hydrogens is 503 g/mol. The summed E-state index contributed by atoms with van der Waals surface area (Å²) in [6, 6.07) is 12.7. The van der Waals surface area contributed by atoms with E-state index in [4.69, 9.17) is 4.98 Å². The third-order valence-corrected chi connectivity index (χ3v) is 7.64. The Labute approximate surface area is 229 Å². The molecule has 198 valence electrons. The largest absolute Gasteiger partial charge is 0.358 e. The van der Waals surface area contributed by atoms with Gasteiger partial charge in [0.25, 0.3) is 0 Å². The van der Waals surface area contributed by atoms with Crippen LogP contribution < -0.4 is 5.32 Å². The van der Waals surface area contributed by atoms with Gasteiger partial charge >= 0.3 is 0 Å². The molecule has 1 aliphatic rings. The van der Waals surface area contributed by atoms with E-state index in [0.717, 1.165) is 40.8 Å². The van der Waals surface area contributed by atoms with Gasteiger partial charge in [-0.3, -0.25) is 20.1 Å². The average molecular weight is 531 g/mol. The predicted octanol–water partition coefficient (Wildman–Crippen LogP) is 7.27. The molecule has 0 bridgehead atoms. The molecule has 1 saturated carbocycles. The number of H-pyrrole nitrogens is 2. The maximum Gasteiger partial charge on any atom is 0.159 e. The standard InChI is InChI=1S/C31H27FN8/c1-18(19-7-3-2-4-8-19)36-21-13-20(16-33-17-21)22-14-23-27(15-24(22)32)39-40-28(23)31-37-26-10-12-35-29(30(26)38-31)25-9-5-6-11-34-25/h5-6,9-17,19,36H,1-4,7-8H2,(H,37,38)(H,39,40). The van der Waals surface area contributed by atoms with E-state index in [1.807, 2.05) is 30.3 Å². The smallest absolute Gasteiger partial charge is 0.159 e. The monoisotopic (exact) mass is 530 g/mol. The summed E-state index contributed by atoms with van der Waals surface area (Å²) in [6.45, 7) is 4.27. The predicted molar refractivity (Wildman–Crippen MR) is 155 cm³/mol. The summed E-state index contributed by atoms with van der Waals surface area (Å²) >= 11 is 0. The van der Waals surface area contributed by atoms with Crippen LogP contribution in [0.5, 0.6) is 0 Å². The molecule has 0 atom stereocenters. The molecule has 9 heteroatoms. The van der Waals surface area contributed by atoms with Crippen molar-refractivity contribution in [3.8, 4) is 34.0 Å². The van der Waals surface area contributed by atoms with Crippen LogP contribution in [0.4, 0.5) is 10.1 Å². The fourth-order valence-electron chi connectivity index (χ4n) is 5.57. The van der Waals surface area contributed by atoms with Gasteiger partial charge in [0.15, 0.2) is 5.82 Å². The van der Waals surface area contributed by atoms with Gasteiger partial charge in [-0.2, -0.15) is 5.10 Å². The zero-order valence-electron chi connectivity index (χ0n) is 21.8. The Hall–Kier alpha value is -4.92. The number of hydrogen-bond donors (Lipinski definition) is 3. The van der Waals surface area contributed by atoms with E-state index in [9.17, 15) is 0 Å². The number of aromatic nitrogens is 7. The molecule has 0 unspecified atom stereocenters. The van der Waals surface area contributed by atoms with E-state index < -0.39 is 0 Å². The summed E-state index contributed by atoms with van der Waals surface area (Å²) in [5, 5.41) is 11.6. The molecule has 6 aromatic rings. The van der Waals surface area contributed by atoms with Crippen molar-refractivity contribution in [1.82, 2.24) is 35.1 Å². The van der Waals surface area contributed by atoms with Gasteiger partial charge in [-0.05, 0) is 49.1 Å². The van der Waals surface area contributed by atoms with E-state index in [2.05, 4.69) is 42.0 Å². The Morgan fingerprint density at radius 1 is 0.950 bits per heavy atom. The fourth-order valence-corrected chi connectivity index (χ4v) is 5.57. The van der Waals surface area contributed by atoms with E-state index in [0.29, 0.717) is 45.3 Å². The zero-order valence-corrected chi connectivity index (χ0v) is 21.8. The van der Waals surface area contributed by atoms with Gasteiger partial charge in [0, 0.05) is 46.9 Å². The molecule has 1 fully saturated rings. The molecule has 0 aliphatic heterocycles. The van der Waals surface area contributed by atoms with Crippen LogP contribution in [-0.4, -0.2) is 35.1 Å². The molecule has 8 nitrogen and oxygen atoms in total. The topological polar surface area (TPSA) is 108 Å². The number of nitrogens with zero attached hydrogens (tertiary/aromatic N) is 5. The molecule has 0 spiro atoms. The van der Waals surface area contributed by atoms with E-state index in [1.54, 1.807) is 30.9 Å². The summed E-state index contributed by atoms with van der Waals surface area (Å²) in [7, 11) is 0. The fraction of sp³-hybridized carbons (Fsp3) is 0.194. The number of aromatic amines is 2. The minimum Gasteiger partial charge on any atom is -0.358 e. The molecule has 7 rings (SSSR count). The lowest BCUT2D eigenvalue weighted by Crippen LogP contribution is -2.14. The SMILES string of the molecule is C=C(Nc1cncc(-c2cc3c(-c4nc5c(-c6ccccn6)nccc5[nH]4)n[nH]c3cc2F)c1)C1CCCCC1. The highest BCUT2D eigenvalue weighted by atomic mass is 19.1. The van der Waals surface area contributed by atoms with Crippen LogP contribution in [-0.2, 0) is 0 Å². The van der Waals surface area contributed by atoms with E-state index >= 15 is 4.39 Å². The Morgan fingerprint density at radius 2 is 1.85 bits per heavy atom. The second kappa shape index (κ2) is 10.00. The summed E-state index contributed by atoms with van der Waals surface area (Å²) in [6.07, 6.45) is 12.9. The highest BCUT2D eigenvalue weighted by molar-refractivity contribution is 5.97. The lowest BCUT2D eigenvalue weighted by Gasteiger charge is -2.24. The normalized spacial score (nSPS) is 14.1. The van der Waals surface area contributed by atoms with Crippen LogP contribution in [0.2, 0.25) is 0 Å². The Kier molecular flexibility index (Phi) is 6.03. The zero-order chi connectivity index (χ0) is 27.1. The van der Waals surface area contributed by atoms with Crippen molar-refractivity contribution >= 4 is 27.6 Å². The van der Waals surface area contributed by atoms with Gasteiger partial charge in [0.2, 0.25) is 0 Å². The molecule has 3 N–H and O–H groups in total. The molecule has 0 radical (unpaired) electrons. The van der Waals surface area contributed by atoms with Crippen molar-refractivity contribution in [3.63, 3.8) is 0 Å². The van der Waals surface area contributed by atoms with Gasteiger partial charge < -0.3 is 10.3 Å². The Balaban J connectivity index is 1.25. The number of fused-ring (bicyclic) bond motifs is 2. The highest BCUT2D eigenvalue weighted by Gasteiger charge is 2.20. The van der Waals surface area contributed by atoms with Crippen LogP contribution in [0.15, 0.2) is 79.5 Å². The highest BCUT2D eigenvalue weighted by Crippen LogP contribution is 2.35. The van der Waals surface area contributed by atoms with E-state index in [1.165, 1.54) is 25.3 Å². The first-order chi connectivity index (χ1) is 19.6. The van der Waals surface area contributed by atoms with Crippen LogP contribution in [0.3, 0.4) is 0 Å². The van der Waals surface area contributed by atoms with Crippen LogP contribution in [0.1, 0.15) is 32.1 Å². The van der Waals surface area contributed by atoms with Crippen molar-refractivity contribution in [2.75, 3.05) is 5.32 Å². The van der Waals surface area contributed by atoms with Gasteiger partial charge in [0.1, 0.15) is 22.7 Å². The second-order valence-corrected chi connectivity index (χ2v) is 10.3. The first-order valence-electron chi connectivity index (χ1n) is 13.5. The number of halogens is 1. The first-order valence-corrected chi connectivity index (χ1v) is 13.5. The Bertz CT molecular complexity index is 1850. The summed E-state index contributed by atoms with van der Waals surface area (Å²) < 4.78 is 15.4. The molecule has 0 saturated heterocycles. The lowest BCUT2D eigenvalue weighted by molar-refractivity contribution is 0.405. The minimum absolute atomic E-state index is 0.362. The number of benzene rings is 1. The van der Waals surface area contributed by atoms with Crippen molar-refractivity contribution in [3.05, 3.63) is 85.3 Å². The number of allylic oxidation sites excluding steroid dienone is 1. The number of hydrogen-bond acceptors (Lipinski definition) is 6. The van der Waals surface area contributed by atoms with Crippen molar-refractivity contribution in [2.24, 2.45) is 5.92 Å². The number of nitrogens with one attached hydrogen (secondary N) is 3. The number of pyridine rings is 3.